The van der Waals surface area contributed by atoms with Crippen LogP contribution in [-0.4, -0.2) is 39.6 Å². The number of pyridine rings is 1. The van der Waals surface area contributed by atoms with Crippen LogP contribution >= 0.6 is 11.9 Å². The summed E-state index contributed by atoms with van der Waals surface area (Å²) in [4.78, 5) is 20.2. The number of hydrogen-bond donors (Lipinski definition) is 2. The van der Waals surface area contributed by atoms with Crippen molar-refractivity contribution in [2.75, 3.05) is 17.8 Å². The summed E-state index contributed by atoms with van der Waals surface area (Å²) in [5.74, 6) is 0.0333. The predicted molar refractivity (Wildman–Crippen MR) is 123 cm³/mol. The topological polar surface area (TPSA) is 65.5 Å². The first kappa shape index (κ1) is 20.7. The number of nitrogens with zero attached hydrogens (tertiary/aromatic N) is 2. The number of rotatable bonds is 6. The number of likely N-dealkylation sites (tertiary alicyclic amines) is 1. The molecule has 2 aromatic carbocycles. The molecule has 0 radical (unpaired) electrons. The van der Waals surface area contributed by atoms with E-state index in [1.807, 2.05) is 47.4 Å². The lowest BCUT2D eigenvalue weighted by atomic mass is 9.87. The van der Waals surface area contributed by atoms with Crippen LogP contribution in [0.5, 0.6) is 0 Å². The Balaban J connectivity index is 1.37. The van der Waals surface area contributed by atoms with E-state index in [1.54, 1.807) is 6.20 Å². The Morgan fingerprint density at radius 2 is 1.87 bits per heavy atom. The van der Waals surface area contributed by atoms with Crippen LogP contribution in [0.25, 0.3) is 10.9 Å². The monoisotopic (exact) mass is 421 g/mol. The zero-order valence-corrected chi connectivity index (χ0v) is 18.0. The minimum atomic E-state index is -0.604. The van der Waals surface area contributed by atoms with E-state index in [1.165, 1.54) is 11.9 Å². The number of nitrogens with one attached hydrogen (secondary N) is 1. The third kappa shape index (κ3) is 4.60. The highest BCUT2D eigenvalue weighted by atomic mass is 32.2. The van der Waals surface area contributed by atoms with Crippen molar-refractivity contribution >= 4 is 34.4 Å². The maximum absolute atomic E-state index is 12.8. The fourth-order valence-electron chi connectivity index (χ4n) is 3.98. The van der Waals surface area contributed by atoms with Crippen molar-refractivity contribution in [3.05, 3.63) is 66.4 Å². The maximum atomic E-state index is 12.8. The summed E-state index contributed by atoms with van der Waals surface area (Å²) in [6.45, 7) is 3.30. The van der Waals surface area contributed by atoms with Crippen LogP contribution in [-0.2, 0) is 0 Å². The standard InChI is InChI=1S/C24H27N3O2S/c1-2-12-24(29)13-16-27(17-14-24)23(28)19-8-10-20(11-9-19)26-30-21-7-3-5-18-6-4-15-25-22(18)21/h3-11,15,26,29H,2,12-14,16-17H2,1H3. The highest BCUT2D eigenvalue weighted by Crippen LogP contribution is 2.29. The summed E-state index contributed by atoms with van der Waals surface area (Å²) in [7, 11) is 0. The second-order valence-electron chi connectivity index (χ2n) is 7.88. The van der Waals surface area contributed by atoms with Gasteiger partial charge >= 0.3 is 0 Å². The van der Waals surface area contributed by atoms with Gasteiger partial charge < -0.3 is 14.7 Å². The third-order valence-corrected chi connectivity index (χ3v) is 6.59. The highest BCUT2D eigenvalue weighted by Gasteiger charge is 2.33. The molecule has 0 aliphatic carbocycles. The molecule has 1 aliphatic rings. The lowest BCUT2D eigenvalue weighted by Gasteiger charge is -2.38. The molecule has 0 saturated carbocycles. The lowest BCUT2D eigenvalue weighted by molar-refractivity contribution is -0.0233. The molecule has 0 spiro atoms. The first-order chi connectivity index (χ1) is 14.6. The average Bonchev–Trinajstić information content (AvgIpc) is 2.78. The van der Waals surface area contributed by atoms with Gasteiger partial charge in [-0.05, 0) is 67.6 Å². The van der Waals surface area contributed by atoms with Gasteiger partial charge in [-0.25, -0.2) is 0 Å². The third-order valence-electron chi connectivity index (χ3n) is 5.70. The average molecular weight is 422 g/mol. The van der Waals surface area contributed by atoms with Gasteiger partial charge in [-0.1, -0.05) is 31.5 Å². The summed E-state index contributed by atoms with van der Waals surface area (Å²) in [5.41, 5.74) is 1.98. The molecule has 3 aromatic rings. The smallest absolute Gasteiger partial charge is 0.253 e. The van der Waals surface area contributed by atoms with Gasteiger partial charge in [0, 0.05) is 35.9 Å². The molecular weight excluding hydrogens is 394 g/mol. The van der Waals surface area contributed by atoms with E-state index in [0.29, 0.717) is 31.5 Å². The summed E-state index contributed by atoms with van der Waals surface area (Å²) in [6.07, 6.45) is 4.88. The van der Waals surface area contributed by atoms with E-state index in [-0.39, 0.29) is 5.91 Å². The second-order valence-corrected chi connectivity index (χ2v) is 8.73. The zero-order chi connectivity index (χ0) is 21.0. The van der Waals surface area contributed by atoms with Crippen molar-refractivity contribution in [1.29, 1.82) is 0 Å². The Kier molecular flexibility index (Phi) is 6.25. The molecule has 2 heterocycles. The minimum absolute atomic E-state index is 0.0333. The lowest BCUT2D eigenvalue weighted by Crippen LogP contribution is -2.46. The molecule has 156 valence electrons. The van der Waals surface area contributed by atoms with E-state index in [2.05, 4.69) is 28.8 Å². The molecule has 6 heteroatoms. The molecule has 30 heavy (non-hydrogen) atoms. The van der Waals surface area contributed by atoms with Gasteiger partial charge in [0.2, 0.25) is 0 Å². The van der Waals surface area contributed by atoms with E-state index >= 15 is 0 Å². The van der Waals surface area contributed by atoms with Crippen LogP contribution in [0.1, 0.15) is 43.0 Å². The summed E-state index contributed by atoms with van der Waals surface area (Å²) < 4.78 is 3.34. The SMILES string of the molecule is CCCC1(O)CCN(C(=O)c2ccc(NSc3cccc4cccnc34)cc2)CC1. The maximum Gasteiger partial charge on any atom is 0.253 e. The van der Waals surface area contributed by atoms with Gasteiger partial charge in [0.05, 0.1) is 16.0 Å². The molecule has 1 saturated heterocycles. The molecular formula is C24H27N3O2S. The molecule has 0 unspecified atom stereocenters. The van der Waals surface area contributed by atoms with Gasteiger partial charge in [-0.2, -0.15) is 0 Å². The van der Waals surface area contributed by atoms with Crippen LogP contribution in [0.15, 0.2) is 65.7 Å². The number of anilines is 1. The van der Waals surface area contributed by atoms with E-state index in [0.717, 1.165) is 34.3 Å². The van der Waals surface area contributed by atoms with Crippen LogP contribution in [0.4, 0.5) is 5.69 Å². The summed E-state index contributed by atoms with van der Waals surface area (Å²) in [6, 6.07) is 17.7. The van der Waals surface area contributed by atoms with Crippen LogP contribution < -0.4 is 4.72 Å². The number of carbonyl (C=O) groups is 1. The molecule has 1 aliphatic heterocycles. The molecule has 5 nitrogen and oxygen atoms in total. The molecule has 0 bridgehead atoms. The van der Waals surface area contributed by atoms with Crippen molar-refractivity contribution in [3.8, 4) is 0 Å². The Morgan fingerprint density at radius 3 is 2.60 bits per heavy atom. The normalized spacial score (nSPS) is 15.9. The minimum Gasteiger partial charge on any atom is -0.390 e. The van der Waals surface area contributed by atoms with E-state index in [9.17, 15) is 9.90 Å². The number of fused-ring (bicyclic) bond motifs is 1. The van der Waals surface area contributed by atoms with Gasteiger partial charge in [0.25, 0.3) is 5.91 Å². The van der Waals surface area contributed by atoms with Gasteiger partial charge in [0.1, 0.15) is 0 Å². The molecule has 4 rings (SSSR count). The van der Waals surface area contributed by atoms with Crippen LogP contribution in [0.3, 0.4) is 0 Å². The van der Waals surface area contributed by atoms with Gasteiger partial charge in [-0.15, -0.1) is 0 Å². The Morgan fingerprint density at radius 1 is 1.13 bits per heavy atom. The quantitative estimate of drug-likeness (QED) is 0.541. The number of carbonyl (C=O) groups excluding carboxylic acids is 1. The Bertz CT molecular complexity index is 1010. The van der Waals surface area contributed by atoms with E-state index in [4.69, 9.17) is 0 Å². The first-order valence-corrected chi connectivity index (χ1v) is 11.3. The van der Waals surface area contributed by atoms with E-state index < -0.39 is 5.60 Å². The summed E-state index contributed by atoms with van der Waals surface area (Å²) >= 11 is 1.51. The van der Waals surface area contributed by atoms with Crippen LogP contribution in [0, 0.1) is 0 Å². The Hall–Kier alpha value is -2.57. The Labute approximate surface area is 181 Å². The largest absolute Gasteiger partial charge is 0.390 e. The fourth-order valence-corrected chi connectivity index (χ4v) is 4.76. The van der Waals surface area contributed by atoms with Gasteiger partial charge in [-0.3, -0.25) is 9.78 Å². The zero-order valence-electron chi connectivity index (χ0n) is 17.2. The number of hydrogen-bond acceptors (Lipinski definition) is 5. The van der Waals surface area contributed by atoms with Crippen molar-refractivity contribution < 1.29 is 9.90 Å². The predicted octanol–water partition coefficient (Wildman–Crippen LogP) is 5.12. The first-order valence-electron chi connectivity index (χ1n) is 10.5. The molecule has 2 N–H and O–H groups in total. The second kappa shape index (κ2) is 9.06. The molecule has 1 aromatic heterocycles. The number of amides is 1. The van der Waals surface area contributed by atoms with Crippen molar-refractivity contribution in [2.24, 2.45) is 0 Å². The number of piperidine rings is 1. The molecule has 0 atom stereocenters. The number of benzene rings is 2. The van der Waals surface area contributed by atoms with Gasteiger partial charge in [0.15, 0.2) is 0 Å². The molecule has 1 amide bonds. The highest BCUT2D eigenvalue weighted by molar-refractivity contribution is 8.00. The molecule has 1 fully saturated rings. The fraction of sp³-hybridized carbons (Fsp3) is 0.333. The van der Waals surface area contributed by atoms with Crippen molar-refractivity contribution in [2.45, 2.75) is 43.1 Å². The summed E-state index contributed by atoms with van der Waals surface area (Å²) in [5, 5.41) is 11.7. The van der Waals surface area contributed by atoms with Crippen molar-refractivity contribution in [3.63, 3.8) is 0 Å². The number of aliphatic hydroxyl groups is 1. The number of para-hydroxylation sites is 1. The van der Waals surface area contributed by atoms with Crippen LogP contribution in [0.2, 0.25) is 0 Å². The van der Waals surface area contributed by atoms with Crippen molar-refractivity contribution in [1.82, 2.24) is 9.88 Å². The number of aromatic nitrogens is 1.